The summed E-state index contributed by atoms with van der Waals surface area (Å²) >= 11 is 5.73. The van der Waals surface area contributed by atoms with Gasteiger partial charge in [-0.15, -0.1) is 0 Å². The average Bonchev–Trinajstić information content (AvgIpc) is 2.84. The molecule has 0 saturated heterocycles. The molecule has 1 N–H and O–H groups in total. The van der Waals surface area contributed by atoms with Gasteiger partial charge < -0.3 is 19.7 Å². The minimum atomic E-state index is -0.601. The number of ether oxygens (including phenoxy) is 2. The van der Waals surface area contributed by atoms with E-state index >= 15 is 0 Å². The highest BCUT2D eigenvalue weighted by atomic mass is 32.1. The van der Waals surface area contributed by atoms with Crippen LogP contribution in [0.25, 0.3) is 0 Å². The van der Waals surface area contributed by atoms with Crippen molar-refractivity contribution in [2.45, 2.75) is 26.8 Å². The minimum Gasteiger partial charge on any atom is -0.497 e. The van der Waals surface area contributed by atoms with Crippen molar-refractivity contribution in [3.8, 4) is 5.75 Å². The summed E-state index contributed by atoms with van der Waals surface area (Å²) in [6.45, 7) is 6.88. The summed E-state index contributed by atoms with van der Waals surface area (Å²) < 4.78 is 10.3. The maximum absolute atomic E-state index is 13.7. The Labute approximate surface area is 200 Å². The molecule has 0 bridgehead atoms. The molecule has 1 atom stereocenters. The standard InChI is InChI=1S/C25H29N3O4S/c1-6-27(7-2)23(29)21-16(3)28(17-12-14-18(31-4)15-13-17)25(33)26-22(21)19-10-8-9-11-20(19)24(30)32-5/h8-15,22H,6-7H2,1-5H3,(H,26,33). The molecule has 1 heterocycles. The van der Waals surface area contributed by atoms with Gasteiger partial charge in [0.1, 0.15) is 5.75 Å². The van der Waals surface area contributed by atoms with E-state index in [1.54, 1.807) is 24.1 Å². The Morgan fingerprint density at radius 1 is 1.06 bits per heavy atom. The van der Waals surface area contributed by atoms with Crippen LogP contribution in [0, 0.1) is 0 Å². The van der Waals surface area contributed by atoms with E-state index in [2.05, 4.69) is 5.32 Å². The number of nitrogens with zero attached hydrogens (tertiary/aromatic N) is 2. The Balaban J connectivity index is 2.21. The van der Waals surface area contributed by atoms with Crippen LogP contribution in [0.15, 0.2) is 59.8 Å². The first-order chi connectivity index (χ1) is 15.9. The van der Waals surface area contributed by atoms with Crippen LogP contribution in [0.4, 0.5) is 5.69 Å². The molecule has 1 unspecified atom stereocenters. The van der Waals surface area contributed by atoms with Gasteiger partial charge in [-0.2, -0.15) is 0 Å². The van der Waals surface area contributed by atoms with Gasteiger partial charge in [0.05, 0.1) is 31.4 Å². The fraction of sp³-hybridized carbons (Fsp3) is 0.320. The zero-order valence-corrected chi connectivity index (χ0v) is 20.4. The predicted molar refractivity (Wildman–Crippen MR) is 132 cm³/mol. The molecule has 7 nitrogen and oxygen atoms in total. The van der Waals surface area contributed by atoms with Gasteiger partial charge in [-0.25, -0.2) is 4.79 Å². The molecule has 174 valence electrons. The number of esters is 1. The van der Waals surface area contributed by atoms with Crippen LogP contribution in [0.3, 0.4) is 0 Å². The maximum atomic E-state index is 13.7. The molecule has 1 amide bonds. The third-order valence-electron chi connectivity index (χ3n) is 5.77. The number of benzene rings is 2. The van der Waals surface area contributed by atoms with Crippen LogP contribution in [0.5, 0.6) is 5.75 Å². The van der Waals surface area contributed by atoms with Gasteiger partial charge in [-0.1, -0.05) is 18.2 Å². The molecule has 0 saturated carbocycles. The fourth-order valence-corrected chi connectivity index (χ4v) is 4.38. The first-order valence-electron chi connectivity index (χ1n) is 10.8. The Morgan fingerprint density at radius 2 is 1.70 bits per heavy atom. The van der Waals surface area contributed by atoms with Crippen LogP contribution in [0.1, 0.15) is 42.7 Å². The van der Waals surface area contributed by atoms with Crippen molar-refractivity contribution in [2.75, 3.05) is 32.2 Å². The summed E-state index contributed by atoms with van der Waals surface area (Å²) in [7, 11) is 2.95. The highest BCUT2D eigenvalue weighted by Crippen LogP contribution is 2.36. The molecule has 8 heteroatoms. The summed E-state index contributed by atoms with van der Waals surface area (Å²) in [6.07, 6.45) is 0. The molecular formula is C25H29N3O4S. The first-order valence-corrected chi connectivity index (χ1v) is 11.2. The molecule has 0 aromatic heterocycles. The lowest BCUT2D eigenvalue weighted by Crippen LogP contribution is -2.50. The van der Waals surface area contributed by atoms with Gasteiger partial charge in [0.25, 0.3) is 5.91 Å². The number of nitrogens with one attached hydrogen (secondary N) is 1. The lowest BCUT2D eigenvalue weighted by atomic mass is 9.90. The Kier molecular flexibility index (Phi) is 7.71. The molecule has 3 rings (SSSR count). The highest BCUT2D eigenvalue weighted by Gasteiger charge is 2.37. The number of anilines is 1. The highest BCUT2D eigenvalue weighted by molar-refractivity contribution is 7.80. The third kappa shape index (κ3) is 4.71. The maximum Gasteiger partial charge on any atom is 0.338 e. The monoisotopic (exact) mass is 467 g/mol. The van der Waals surface area contributed by atoms with Crippen LogP contribution >= 0.6 is 12.2 Å². The molecule has 1 aliphatic heterocycles. The fourth-order valence-electron chi connectivity index (χ4n) is 4.02. The number of hydrogen-bond donors (Lipinski definition) is 1. The third-order valence-corrected chi connectivity index (χ3v) is 6.07. The molecule has 0 radical (unpaired) electrons. The smallest absolute Gasteiger partial charge is 0.338 e. The van der Waals surface area contributed by atoms with E-state index in [9.17, 15) is 9.59 Å². The Hall–Kier alpha value is -3.39. The Bertz CT molecular complexity index is 1080. The van der Waals surface area contributed by atoms with Gasteiger partial charge in [0.2, 0.25) is 0 Å². The van der Waals surface area contributed by atoms with E-state index < -0.39 is 12.0 Å². The average molecular weight is 468 g/mol. The van der Waals surface area contributed by atoms with Crippen molar-refractivity contribution < 1.29 is 19.1 Å². The largest absolute Gasteiger partial charge is 0.497 e. The van der Waals surface area contributed by atoms with E-state index in [4.69, 9.17) is 21.7 Å². The second-order valence-corrected chi connectivity index (χ2v) is 7.86. The summed E-state index contributed by atoms with van der Waals surface area (Å²) in [4.78, 5) is 29.8. The molecule has 33 heavy (non-hydrogen) atoms. The summed E-state index contributed by atoms with van der Waals surface area (Å²) in [5.74, 6) is 0.138. The van der Waals surface area contributed by atoms with Gasteiger partial charge in [-0.05, 0) is 68.9 Å². The van der Waals surface area contributed by atoms with Crippen LogP contribution < -0.4 is 15.0 Å². The van der Waals surface area contributed by atoms with Crippen molar-refractivity contribution in [3.63, 3.8) is 0 Å². The second-order valence-electron chi connectivity index (χ2n) is 7.47. The number of rotatable bonds is 7. The number of methoxy groups -OCH3 is 2. The van der Waals surface area contributed by atoms with Gasteiger partial charge in [0.15, 0.2) is 5.11 Å². The van der Waals surface area contributed by atoms with Crippen molar-refractivity contribution in [1.29, 1.82) is 0 Å². The molecule has 0 spiro atoms. The van der Waals surface area contributed by atoms with E-state index in [1.165, 1.54) is 7.11 Å². The van der Waals surface area contributed by atoms with E-state index in [0.717, 1.165) is 11.4 Å². The SMILES string of the molecule is CCN(CC)C(=O)C1=C(C)N(c2ccc(OC)cc2)C(=S)NC1c1ccccc1C(=O)OC. The van der Waals surface area contributed by atoms with Crippen LogP contribution in [0.2, 0.25) is 0 Å². The minimum absolute atomic E-state index is 0.115. The van der Waals surface area contributed by atoms with Gasteiger partial charge in [-0.3, -0.25) is 9.69 Å². The van der Waals surface area contributed by atoms with Crippen molar-refractivity contribution >= 4 is 34.9 Å². The van der Waals surface area contributed by atoms with Crippen molar-refractivity contribution in [2.24, 2.45) is 0 Å². The summed E-state index contributed by atoms with van der Waals surface area (Å²) in [5.41, 5.74) is 3.05. The number of allylic oxidation sites excluding steroid dienone is 1. The normalized spacial score (nSPS) is 15.7. The molecular weight excluding hydrogens is 438 g/mol. The zero-order chi connectivity index (χ0) is 24.1. The van der Waals surface area contributed by atoms with Crippen molar-refractivity contribution in [3.05, 3.63) is 70.9 Å². The van der Waals surface area contributed by atoms with Crippen LogP contribution in [-0.2, 0) is 9.53 Å². The Morgan fingerprint density at radius 3 is 2.27 bits per heavy atom. The van der Waals surface area contributed by atoms with Crippen LogP contribution in [-0.4, -0.2) is 49.2 Å². The quantitative estimate of drug-likeness (QED) is 0.486. The number of amides is 1. The van der Waals surface area contributed by atoms with Gasteiger partial charge >= 0.3 is 5.97 Å². The van der Waals surface area contributed by atoms with E-state index in [-0.39, 0.29) is 5.91 Å². The lowest BCUT2D eigenvalue weighted by Gasteiger charge is -2.39. The number of hydrogen-bond acceptors (Lipinski definition) is 5. The molecule has 0 aliphatic carbocycles. The second kappa shape index (κ2) is 10.5. The number of thiocarbonyl (C=S) groups is 1. The van der Waals surface area contributed by atoms with E-state index in [1.807, 2.05) is 62.1 Å². The summed E-state index contributed by atoms with van der Waals surface area (Å²) in [6, 6.07) is 14.0. The van der Waals surface area contributed by atoms with Gasteiger partial charge in [0, 0.05) is 24.5 Å². The number of carbonyl (C=O) groups excluding carboxylic acids is 2. The van der Waals surface area contributed by atoms with E-state index in [0.29, 0.717) is 40.6 Å². The predicted octanol–water partition coefficient (Wildman–Crippen LogP) is 4.06. The number of likely N-dealkylation sites (N-methyl/N-ethyl adjacent to an activating group) is 1. The molecule has 2 aromatic rings. The molecule has 1 aliphatic rings. The topological polar surface area (TPSA) is 71.1 Å². The first kappa shape index (κ1) is 24.3. The zero-order valence-electron chi connectivity index (χ0n) is 19.5. The lowest BCUT2D eigenvalue weighted by molar-refractivity contribution is -0.127. The van der Waals surface area contributed by atoms with Crippen molar-refractivity contribution in [1.82, 2.24) is 10.2 Å². The molecule has 2 aromatic carbocycles. The summed E-state index contributed by atoms with van der Waals surface area (Å²) in [5, 5.41) is 3.74. The molecule has 0 fully saturated rings. The number of carbonyl (C=O) groups is 2.